The van der Waals surface area contributed by atoms with Crippen molar-refractivity contribution in [2.45, 2.75) is 57.4 Å². The number of pyridine rings is 1. The third kappa shape index (κ3) is 4.64. The number of aromatic nitrogens is 1. The molecule has 0 radical (unpaired) electrons. The van der Waals surface area contributed by atoms with Crippen LogP contribution in [-0.2, 0) is 10.0 Å². The summed E-state index contributed by atoms with van der Waals surface area (Å²) in [5.74, 6) is 0.415. The molecule has 0 aromatic carbocycles. The fourth-order valence-electron chi connectivity index (χ4n) is 2.93. The van der Waals surface area contributed by atoms with Crippen LogP contribution in [-0.4, -0.2) is 48.7 Å². The Hall–Kier alpha value is -0.890. The van der Waals surface area contributed by atoms with E-state index in [1.807, 2.05) is 6.07 Å². The van der Waals surface area contributed by atoms with Crippen LogP contribution in [0.1, 0.15) is 52.1 Å². The highest BCUT2D eigenvalue weighted by Gasteiger charge is 2.37. The number of hydrogen-bond acceptors (Lipinski definition) is 5. The van der Waals surface area contributed by atoms with E-state index in [0.29, 0.717) is 24.0 Å². The van der Waals surface area contributed by atoms with Crippen LogP contribution < -0.4 is 10.1 Å². The van der Waals surface area contributed by atoms with Crippen molar-refractivity contribution in [1.82, 2.24) is 14.6 Å². The number of nitrogens with zero attached hydrogens (tertiary/aromatic N) is 2. The molecule has 0 amide bonds. The number of halogens is 1. The fourth-order valence-corrected chi connectivity index (χ4v) is 4.65. The summed E-state index contributed by atoms with van der Waals surface area (Å²) in [6.07, 6.45) is 3.33. The predicted octanol–water partition coefficient (Wildman–Crippen LogP) is 2.99. The number of hydrogen-bond donors (Lipinski definition) is 1. The summed E-state index contributed by atoms with van der Waals surface area (Å²) in [6.45, 7) is 8.38. The molecule has 0 spiro atoms. The van der Waals surface area contributed by atoms with Crippen molar-refractivity contribution in [3.63, 3.8) is 0 Å². The van der Waals surface area contributed by atoms with Gasteiger partial charge < -0.3 is 10.1 Å². The Morgan fingerprint density at radius 2 is 1.96 bits per heavy atom. The molecule has 1 aromatic rings. The van der Waals surface area contributed by atoms with Crippen molar-refractivity contribution in [2.24, 2.45) is 0 Å². The van der Waals surface area contributed by atoms with Gasteiger partial charge in [0, 0.05) is 31.4 Å². The molecule has 1 atom stereocenters. The average Bonchev–Trinajstić information content (AvgIpc) is 2.54. The summed E-state index contributed by atoms with van der Waals surface area (Å²) >= 11 is 6.14. The quantitative estimate of drug-likeness (QED) is 0.838. The Balaban J connectivity index is 1.95. The number of nitrogens with one attached hydrogen (secondary N) is 1. The average molecular weight is 390 g/mol. The summed E-state index contributed by atoms with van der Waals surface area (Å²) in [7, 11) is -1.72. The maximum Gasteiger partial charge on any atom is 0.232 e. The molecule has 1 aliphatic heterocycles. The molecule has 1 unspecified atom stereocenters. The molecule has 6 nitrogen and oxygen atoms in total. The minimum absolute atomic E-state index is 0.0756. The highest BCUT2D eigenvalue weighted by Crippen LogP contribution is 2.27. The van der Waals surface area contributed by atoms with Gasteiger partial charge in [0.05, 0.1) is 11.9 Å². The van der Waals surface area contributed by atoms with Crippen molar-refractivity contribution in [3.8, 4) is 5.88 Å². The van der Waals surface area contributed by atoms with Crippen molar-refractivity contribution >= 4 is 21.6 Å². The SMILES string of the molecule is COc1ncc(C(C)NC2CCN(S(=O)(=O)C(C)(C)C)CC2)cc1Cl. The maximum absolute atomic E-state index is 12.5. The first-order valence-corrected chi connectivity index (χ1v) is 10.3. The van der Waals surface area contributed by atoms with Gasteiger partial charge in [-0.3, -0.25) is 0 Å². The fraction of sp³-hybridized carbons (Fsp3) is 0.706. The third-order valence-corrected chi connectivity index (χ3v) is 7.44. The van der Waals surface area contributed by atoms with Gasteiger partial charge in [-0.2, -0.15) is 0 Å². The van der Waals surface area contributed by atoms with Crippen LogP contribution in [0.4, 0.5) is 0 Å². The Labute approximate surface area is 156 Å². The van der Waals surface area contributed by atoms with Crippen molar-refractivity contribution < 1.29 is 13.2 Å². The first kappa shape index (κ1) is 20.4. The predicted molar refractivity (Wildman–Crippen MR) is 101 cm³/mol. The first-order chi connectivity index (χ1) is 11.6. The Morgan fingerprint density at radius 3 is 2.44 bits per heavy atom. The van der Waals surface area contributed by atoms with Gasteiger partial charge in [-0.25, -0.2) is 17.7 Å². The maximum atomic E-state index is 12.5. The van der Waals surface area contributed by atoms with Gasteiger partial charge in [0.25, 0.3) is 0 Å². The van der Waals surface area contributed by atoms with E-state index in [1.165, 1.54) is 7.11 Å². The number of ether oxygens (including phenoxy) is 1. The molecule has 1 saturated heterocycles. The zero-order valence-electron chi connectivity index (χ0n) is 15.5. The largest absolute Gasteiger partial charge is 0.480 e. The van der Waals surface area contributed by atoms with E-state index in [4.69, 9.17) is 16.3 Å². The molecule has 2 heterocycles. The van der Waals surface area contributed by atoms with Gasteiger partial charge in [-0.05, 0) is 52.2 Å². The second kappa shape index (κ2) is 7.78. The van der Waals surface area contributed by atoms with E-state index >= 15 is 0 Å². The second-order valence-corrected chi connectivity index (χ2v) is 10.5. The monoisotopic (exact) mass is 389 g/mol. The highest BCUT2D eigenvalue weighted by molar-refractivity contribution is 7.90. The van der Waals surface area contributed by atoms with Crippen LogP contribution in [0, 0.1) is 0 Å². The van der Waals surface area contributed by atoms with Gasteiger partial charge in [-0.1, -0.05) is 11.6 Å². The van der Waals surface area contributed by atoms with E-state index in [0.717, 1.165) is 18.4 Å². The van der Waals surface area contributed by atoms with E-state index in [9.17, 15) is 8.42 Å². The minimum Gasteiger partial charge on any atom is -0.480 e. The van der Waals surface area contributed by atoms with Crippen molar-refractivity contribution in [2.75, 3.05) is 20.2 Å². The Morgan fingerprint density at radius 1 is 1.36 bits per heavy atom. The van der Waals surface area contributed by atoms with E-state index in [-0.39, 0.29) is 12.1 Å². The normalized spacial score (nSPS) is 19.0. The zero-order valence-corrected chi connectivity index (χ0v) is 17.1. The van der Waals surface area contributed by atoms with Crippen LogP contribution >= 0.6 is 11.6 Å². The molecular weight excluding hydrogens is 362 g/mol. The zero-order chi connectivity index (χ0) is 18.8. The molecule has 1 aromatic heterocycles. The lowest BCUT2D eigenvalue weighted by molar-refractivity contribution is 0.272. The number of sulfonamides is 1. The standard InChI is InChI=1S/C17H28ClN3O3S/c1-12(13-10-15(18)16(24-5)19-11-13)20-14-6-8-21(9-7-14)25(22,23)17(2,3)4/h10-12,14,20H,6-9H2,1-5H3. The molecule has 0 aliphatic carbocycles. The van der Waals surface area contributed by atoms with Crippen LogP contribution in [0.3, 0.4) is 0 Å². The topological polar surface area (TPSA) is 71.5 Å². The highest BCUT2D eigenvalue weighted by atomic mass is 35.5. The van der Waals surface area contributed by atoms with Crippen LogP contribution in [0.2, 0.25) is 5.02 Å². The molecule has 8 heteroatoms. The third-order valence-electron chi connectivity index (χ3n) is 4.58. The van der Waals surface area contributed by atoms with Gasteiger partial charge >= 0.3 is 0 Å². The lowest BCUT2D eigenvalue weighted by atomic mass is 10.0. The van der Waals surface area contributed by atoms with Crippen molar-refractivity contribution in [3.05, 3.63) is 22.8 Å². The van der Waals surface area contributed by atoms with Gasteiger partial charge in [0.1, 0.15) is 5.02 Å². The lowest BCUT2D eigenvalue weighted by Crippen LogP contribution is -2.50. The van der Waals surface area contributed by atoms with Crippen LogP contribution in [0.5, 0.6) is 5.88 Å². The van der Waals surface area contributed by atoms with Crippen LogP contribution in [0.15, 0.2) is 12.3 Å². The molecular formula is C17H28ClN3O3S. The summed E-state index contributed by atoms with van der Waals surface area (Å²) in [5.41, 5.74) is 0.982. The Bertz CT molecular complexity index is 696. The Kier molecular flexibility index (Phi) is 6.35. The first-order valence-electron chi connectivity index (χ1n) is 8.51. The minimum atomic E-state index is -3.25. The second-order valence-electron chi connectivity index (χ2n) is 7.44. The summed E-state index contributed by atoms with van der Waals surface area (Å²) < 4.78 is 31.0. The van der Waals surface area contributed by atoms with E-state index < -0.39 is 14.8 Å². The van der Waals surface area contributed by atoms with Gasteiger partial charge in [0.15, 0.2) is 0 Å². The van der Waals surface area contributed by atoms with Gasteiger partial charge in [0.2, 0.25) is 15.9 Å². The molecule has 2 rings (SSSR count). The number of rotatable bonds is 5. The van der Waals surface area contributed by atoms with E-state index in [1.54, 1.807) is 31.3 Å². The summed E-state index contributed by atoms with van der Waals surface area (Å²) in [6, 6.07) is 2.19. The number of methoxy groups -OCH3 is 1. The molecule has 0 saturated carbocycles. The number of piperidine rings is 1. The van der Waals surface area contributed by atoms with Crippen LogP contribution in [0.25, 0.3) is 0 Å². The van der Waals surface area contributed by atoms with Crippen molar-refractivity contribution in [1.29, 1.82) is 0 Å². The lowest BCUT2D eigenvalue weighted by Gasteiger charge is -2.36. The molecule has 25 heavy (non-hydrogen) atoms. The molecule has 0 bridgehead atoms. The molecule has 1 N–H and O–H groups in total. The smallest absolute Gasteiger partial charge is 0.232 e. The molecule has 142 valence electrons. The van der Waals surface area contributed by atoms with Gasteiger partial charge in [-0.15, -0.1) is 0 Å². The molecule has 1 aliphatic rings. The molecule has 1 fully saturated rings. The summed E-state index contributed by atoms with van der Waals surface area (Å²) in [4.78, 5) is 4.20. The van der Waals surface area contributed by atoms with E-state index in [2.05, 4.69) is 17.2 Å². The summed E-state index contributed by atoms with van der Waals surface area (Å²) in [5, 5.41) is 4.04.